The summed E-state index contributed by atoms with van der Waals surface area (Å²) in [6, 6.07) is 0.602. The molecular weight excluding hydrogens is 641 g/mol. The minimum Gasteiger partial charge on any atom is -0.457 e. The number of cyclic esters (lactones) is 1. The maximum atomic E-state index is 13.5. The van der Waals surface area contributed by atoms with Gasteiger partial charge in [0.25, 0.3) is 0 Å². The number of halogens is 1. The predicted molar refractivity (Wildman–Crippen MR) is 191 cm³/mol. The molecule has 0 aromatic heterocycles. The number of allylic oxidation sites excluding steroid dienone is 2. The number of esters is 1. The molecule has 3 aliphatic heterocycles. The predicted octanol–water partition coefficient (Wildman–Crippen LogP) is 6.83. The number of rotatable bonds is 7. The lowest BCUT2D eigenvalue weighted by molar-refractivity contribution is -0.150. The normalized spacial score (nSPS) is 32.8. The molecule has 1 aliphatic carbocycles. The van der Waals surface area contributed by atoms with Gasteiger partial charge < -0.3 is 29.1 Å². The first-order valence-corrected chi connectivity index (χ1v) is 19.0. The standard InChI is InChI=1S/C39H62FN3O7/c1-28-17-19-39(5,47)34(49-38(46)42-23-21-41(22-24-42)33-13-8-6-7-9-14-33)16-15-31(4)36(50-35(44)25-28)30(3)12-10-11-29(2)27-48-37(45)43-20-18-32(40)26-43/h10-12,15-16,28-29,31-34,36,47H,6-9,13-14,17-27H2,1-5H3/b11-10+,16-15+,30-12+/t28-,29-,31+,32-,34+,36-,39-/m1/s1. The second kappa shape index (κ2) is 19.1. The third kappa shape index (κ3) is 12.1. The minimum atomic E-state index is -1.32. The first kappa shape index (κ1) is 39.9. The monoisotopic (exact) mass is 703 g/mol. The van der Waals surface area contributed by atoms with Gasteiger partial charge >= 0.3 is 18.2 Å². The Morgan fingerprint density at radius 1 is 1.02 bits per heavy atom. The number of carbonyl (C=O) groups is 3. The number of likely N-dealkylation sites (tertiary alicyclic amines) is 1. The zero-order valence-corrected chi connectivity index (χ0v) is 31.1. The van der Waals surface area contributed by atoms with Crippen LogP contribution in [0.25, 0.3) is 0 Å². The molecule has 3 heterocycles. The van der Waals surface area contributed by atoms with Crippen molar-refractivity contribution in [2.45, 2.75) is 129 Å². The number of hydrogen-bond donors (Lipinski definition) is 1. The number of piperazine rings is 1. The number of alkyl halides is 1. The zero-order chi connectivity index (χ0) is 36.3. The van der Waals surface area contributed by atoms with Crippen LogP contribution in [0.3, 0.4) is 0 Å². The third-order valence-electron chi connectivity index (χ3n) is 10.8. The topological polar surface area (TPSA) is 109 Å². The average molecular weight is 704 g/mol. The van der Waals surface area contributed by atoms with E-state index in [0.29, 0.717) is 44.9 Å². The van der Waals surface area contributed by atoms with Crippen LogP contribution >= 0.6 is 0 Å². The number of hydrogen-bond acceptors (Lipinski definition) is 8. The van der Waals surface area contributed by atoms with Gasteiger partial charge in [0.2, 0.25) is 0 Å². The Morgan fingerprint density at radius 3 is 2.38 bits per heavy atom. The Bertz CT molecular complexity index is 1210. The highest BCUT2D eigenvalue weighted by Crippen LogP contribution is 2.29. The van der Waals surface area contributed by atoms with E-state index in [-0.39, 0.29) is 43.3 Å². The number of carbonyl (C=O) groups excluding carboxylic acids is 3. The Balaban J connectivity index is 1.39. The molecule has 0 bridgehead atoms. The van der Waals surface area contributed by atoms with Crippen molar-refractivity contribution in [3.05, 3.63) is 36.0 Å². The summed E-state index contributed by atoms with van der Waals surface area (Å²) < 4.78 is 30.9. The number of amides is 2. The van der Waals surface area contributed by atoms with Crippen molar-refractivity contribution >= 4 is 18.2 Å². The van der Waals surface area contributed by atoms with Crippen LogP contribution in [0, 0.1) is 17.8 Å². The van der Waals surface area contributed by atoms with Crippen molar-refractivity contribution in [1.29, 1.82) is 0 Å². The lowest BCUT2D eigenvalue weighted by atomic mass is 9.87. The number of ether oxygens (including phenoxy) is 3. The van der Waals surface area contributed by atoms with Crippen LogP contribution in [0.1, 0.15) is 98.8 Å². The van der Waals surface area contributed by atoms with Gasteiger partial charge in [-0.1, -0.05) is 70.8 Å². The van der Waals surface area contributed by atoms with E-state index in [9.17, 15) is 23.9 Å². The fraction of sp³-hybridized carbons (Fsp3) is 0.769. The molecule has 0 aromatic carbocycles. The highest BCUT2D eigenvalue weighted by molar-refractivity contribution is 5.70. The SMILES string of the molecule is C/C(=C\C=C\[C@@H](C)COC(=O)N1CC[C@@H](F)C1)[C@H]1OC(=O)C[C@H](C)CC[C@@](C)(O)[C@@H](OC(=O)N2CCN(C3CCCCCC3)CC2)/C=C/[C@@H]1C. The van der Waals surface area contributed by atoms with Crippen LogP contribution < -0.4 is 0 Å². The Labute approximate surface area is 299 Å². The number of nitrogens with zero attached hydrogens (tertiary/aromatic N) is 3. The summed E-state index contributed by atoms with van der Waals surface area (Å²) in [4.78, 5) is 44.4. The van der Waals surface area contributed by atoms with Crippen molar-refractivity contribution < 1.29 is 38.1 Å². The molecule has 11 heteroatoms. The molecule has 0 spiro atoms. The summed E-state index contributed by atoms with van der Waals surface area (Å²) in [6.07, 6.45) is 15.0. The Morgan fingerprint density at radius 2 is 1.72 bits per heavy atom. The van der Waals surface area contributed by atoms with E-state index in [1.807, 2.05) is 52.0 Å². The van der Waals surface area contributed by atoms with E-state index in [1.54, 1.807) is 17.9 Å². The molecular formula is C39H62FN3O7. The molecule has 1 saturated carbocycles. The molecule has 0 unspecified atom stereocenters. The molecule has 3 fully saturated rings. The highest BCUT2D eigenvalue weighted by atomic mass is 19.1. The van der Waals surface area contributed by atoms with Crippen molar-refractivity contribution in [3.8, 4) is 0 Å². The van der Waals surface area contributed by atoms with Gasteiger partial charge in [-0.15, -0.1) is 0 Å². The van der Waals surface area contributed by atoms with Crippen LogP contribution in [0.15, 0.2) is 36.0 Å². The smallest absolute Gasteiger partial charge is 0.410 e. The molecule has 2 saturated heterocycles. The van der Waals surface area contributed by atoms with E-state index in [4.69, 9.17) is 14.2 Å². The minimum absolute atomic E-state index is 0.0363. The first-order chi connectivity index (χ1) is 23.8. The summed E-state index contributed by atoms with van der Waals surface area (Å²) in [5, 5.41) is 11.6. The van der Waals surface area contributed by atoms with Crippen molar-refractivity contribution in [2.75, 3.05) is 45.9 Å². The van der Waals surface area contributed by atoms with Gasteiger partial charge in [-0.25, -0.2) is 14.0 Å². The quantitative estimate of drug-likeness (QED) is 0.101. The average Bonchev–Trinajstić information content (AvgIpc) is 3.34. The molecule has 1 N–H and O–H groups in total. The van der Waals surface area contributed by atoms with Crippen molar-refractivity contribution in [3.63, 3.8) is 0 Å². The summed E-state index contributed by atoms with van der Waals surface area (Å²) in [6.45, 7) is 12.9. The van der Waals surface area contributed by atoms with Gasteiger partial charge in [-0.3, -0.25) is 9.69 Å². The molecule has 0 aromatic rings. The molecule has 4 rings (SSSR count). The largest absolute Gasteiger partial charge is 0.457 e. The molecule has 10 nitrogen and oxygen atoms in total. The summed E-state index contributed by atoms with van der Waals surface area (Å²) in [5.74, 6) is -0.702. The fourth-order valence-corrected chi connectivity index (χ4v) is 7.42. The summed E-state index contributed by atoms with van der Waals surface area (Å²) in [5.41, 5.74) is -0.505. The van der Waals surface area contributed by atoms with Gasteiger partial charge in [0.05, 0.1) is 13.2 Å². The Kier molecular flexibility index (Phi) is 15.2. The van der Waals surface area contributed by atoms with E-state index in [1.165, 1.54) is 43.4 Å². The second-order valence-electron chi connectivity index (χ2n) is 15.5. The van der Waals surface area contributed by atoms with Crippen molar-refractivity contribution in [1.82, 2.24) is 14.7 Å². The van der Waals surface area contributed by atoms with E-state index in [0.717, 1.165) is 18.7 Å². The van der Waals surface area contributed by atoms with E-state index >= 15 is 0 Å². The number of aliphatic hydroxyl groups is 1. The third-order valence-corrected chi connectivity index (χ3v) is 10.8. The van der Waals surface area contributed by atoms with Gasteiger partial charge in [0, 0.05) is 57.0 Å². The van der Waals surface area contributed by atoms with Crippen LogP contribution in [-0.2, 0) is 19.0 Å². The summed E-state index contributed by atoms with van der Waals surface area (Å²) >= 11 is 0. The zero-order valence-electron chi connectivity index (χ0n) is 31.1. The molecule has 4 aliphatic rings. The van der Waals surface area contributed by atoms with Crippen LogP contribution in [0.5, 0.6) is 0 Å². The maximum absolute atomic E-state index is 13.5. The lowest BCUT2D eigenvalue weighted by Gasteiger charge is -2.40. The van der Waals surface area contributed by atoms with E-state index < -0.39 is 36.2 Å². The molecule has 2 amide bonds. The molecule has 50 heavy (non-hydrogen) atoms. The second-order valence-corrected chi connectivity index (χ2v) is 15.5. The van der Waals surface area contributed by atoms with Gasteiger partial charge in [-0.2, -0.15) is 0 Å². The van der Waals surface area contributed by atoms with Gasteiger partial charge in [0.15, 0.2) is 6.10 Å². The van der Waals surface area contributed by atoms with Gasteiger partial charge in [0.1, 0.15) is 17.9 Å². The van der Waals surface area contributed by atoms with Gasteiger partial charge in [-0.05, 0) is 63.5 Å². The van der Waals surface area contributed by atoms with Crippen LogP contribution in [0.2, 0.25) is 0 Å². The highest BCUT2D eigenvalue weighted by Gasteiger charge is 2.37. The van der Waals surface area contributed by atoms with Crippen molar-refractivity contribution in [2.24, 2.45) is 17.8 Å². The summed E-state index contributed by atoms with van der Waals surface area (Å²) in [7, 11) is 0. The fourth-order valence-electron chi connectivity index (χ4n) is 7.42. The first-order valence-electron chi connectivity index (χ1n) is 19.0. The van der Waals surface area contributed by atoms with E-state index in [2.05, 4.69) is 4.90 Å². The molecule has 7 atom stereocenters. The lowest BCUT2D eigenvalue weighted by Crippen LogP contribution is -2.53. The maximum Gasteiger partial charge on any atom is 0.410 e. The Hall–Kier alpha value is -2.92. The molecule has 282 valence electrons. The van der Waals surface area contributed by atoms with Crippen LogP contribution in [-0.4, -0.2) is 114 Å². The molecule has 0 radical (unpaired) electrons. The van der Waals surface area contributed by atoms with Crippen LogP contribution in [0.4, 0.5) is 14.0 Å².